The van der Waals surface area contributed by atoms with E-state index in [0.29, 0.717) is 0 Å². The van der Waals surface area contributed by atoms with E-state index in [1.54, 1.807) is 0 Å². The van der Waals surface area contributed by atoms with Gasteiger partial charge in [-0.15, -0.1) is 0 Å². The Morgan fingerprint density at radius 3 is 2.64 bits per heavy atom. The summed E-state index contributed by atoms with van der Waals surface area (Å²) in [5.74, 6) is 2.13. The molecule has 0 aliphatic rings. The molecule has 0 saturated heterocycles. The average Bonchev–Trinajstić information content (AvgIpc) is 2.48. The molecule has 0 amide bonds. The summed E-state index contributed by atoms with van der Waals surface area (Å²) in [5, 5.41) is 0. The first-order valence-corrected chi connectivity index (χ1v) is 4.14. The third kappa shape index (κ3) is 2.39. The molecule has 0 atom stereocenters. The Balaban J connectivity index is 2.44. The zero-order chi connectivity index (χ0) is 8.10. The molecule has 0 spiro atoms. The Morgan fingerprint density at radius 2 is 2.09 bits per heavy atom. The highest BCUT2D eigenvalue weighted by Crippen LogP contribution is 2.09. The molecule has 0 bridgehead atoms. The van der Waals surface area contributed by atoms with Crippen LogP contribution in [-0.4, -0.2) is 6.54 Å². The summed E-state index contributed by atoms with van der Waals surface area (Å²) in [7, 11) is 0. The topological polar surface area (TPSA) is 39.2 Å². The van der Waals surface area contributed by atoms with E-state index in [2.05, 4.69) is 6.92 Å². The van der Waals surface area contributed by atoms with Gasteiger partial charge in [-0.2, -0.15) is 0 Å². The van der Waals surface area contributed by atoms with E-state index in [4.69, 9.17) is 10.2 Å². The maximum absolute atomic E-state index is 5.48. The molecular formula is C9H15NO. The molecule has 0 unspecified atom stereocenters. The molecule has 2 heteroatoms. The van der Waals surface area contributed by atoms with Crippen LogP contribution in [0.2, 0.25) is 0 Å². The number of nitrogens with two attached hydrogens (primary N) is 1. The maximum atomic E-state index is 5.48. The van der Waals surface area contributed by atoms with Crippen molar-refractivity contribution < 1.29 is 4.42 Å². The predicted molar refractivity (Wildman–Crippen MR) is 45.5 cm³/mol. The molecule has 1 aromatic rings. The first-order chi connectivity index (χ1) is 5.36. The minimum Gasteiger partial charge on any atom is -0.466 e. The Bertz CT molecular complexity index is 205. The van der Waals surface area contributed by atoms with Gasteiger partial charge in [-0.3, -0.25) is 0 Å². The third-order valence-electron chi connectivity index (χ3n) is 1.69. The lowest BCUT2D eigenvalue weighted by Gasteiger charge is -1.92. The Kier molecular flexibility index (Phi) is 3.17. The van der Waals surface area contributed by atoms with Gasteiger partial charge in [0.25, 0.3) is 0 Å². The molecule has 1 aromatic heterocycles. The number of furan rings is 1. The normalized spacial score (nSPS) is 10.4. The second-order valence-electron chi connectivity index (χ2n) is 2.61. The van der Waals surface area contributed by atoms with E-state index < -0.39 is 0 Å². The van der Waals surface area contributed by atoms with Gasteiger partial charge in [0.05, 0.1) is 0 Å². The summed E-state index contributed by atoms with van der Waals surface area (Å²) in [6, 6.07) is 4.07. The van der Waals surface area contributed by atoms with Gasteiger partial charge in [-0.25, -0.2) is 0 Å². The Morgan fingerprint density at radius 1 is 1.36 bits per heavy atom. The molecule has 0 saturated carbocycles. The van der Waals surface area contributed by atoms with Crippen molar-refractivity contribution in [1.29, 1.82) is 0 Å². The fourth-order valence-electron chi connectivity index (χ4n) is 1.02. The Hall–Kier alpha value is -0.760. The summed E-state index contributed by atoms with van der Waals surface area (Å²) in [5.41, 5.74) is 5.37. The van der Waals surface area contributed by atoms with Crippen molar-refractivity contribution in [2.24, 2.45) is 5.73 Å². The second kappa shape index (κ2) is 4.19. The molecule has 0 aliphatic heterocycles. The van der Waals surface area contributed by atoms with Crippen molar-refractivity contribution in [3.8, 4) is 0 Å². The fraction of sp³-hybridized carbons (Fsp3) is 0.556. The summed E-state index contributed by atoms with van der Waals surface area (Å²) in [6.45, 7) is 2.83. The molecular weight excluding hydrogens is 138 g/mol. The van der Waals surface area contributed by atoms with Crippen LogP contribution in [0, 0.1) is 0 Å². The van der Waals surface area contributed by atoms with E-state index in [9.17, 15) is 0 Å². The van der Waals surface area contributed by atoms with Gasteiger partial charge in [0, 0.05) is 12.8 Å². The SMILES string of the molecule is CCc1ccc(CCCN)o1. The van der Waals surface area contributed by atoms with Crippen LogP contribution < -0.4 is 5.73 Å². The van der Waals surface area contributed by atoms with E-state index >= 15 is 0 Å². The van der Waals surface area contributed by atoms with E-state index in [0.717, 1.165) is 37.3 Å². The van der Waals surface area contributed by atoms with Crippen molar-refractivity contribution in [3.05, 3.63) is 23.7 Å². The van der Waals surface area contributed by atoms with Gasteiger partial charge in [-0.05, 0) is 25.1 Å². The minimum atomic E-state index is 0.738. The number of aryl methyl sites for hydroxylation is 2. The lowest BCUT2D eigenvalue weighted by atomic mass is 10.2. The summed E-state index contributed by atoms with van der Waals surface area (Å²) in [6.07, 6.45) is 2.95. The molecule has 0 fully saturated rings. The van der Waals surface area contributed by atoms with Gasteiger partial charge in [0.2, 0.25) is 0 Å². The molecule has 0 aromatic carbocycles. The first-order valence-electron chi connectivity index (χ1n) is 4.14. The van der Waals surface area contributed by atoms with E-state index in [-0.39, 0.29) is 0 Å². The van der Waals surface area contributed by atoms with Crippen LogP contribution in [0.1, 0.15) is 24.9 Å². The monoisotopic (exact) mass is 153 g/mol. The van der Waals surface area contributed by atoms with E-state index in [1.165, 1.54) is 0 Å². The van der Waals surface area contributed by atoms with Gasteiger partial charge in [0.1, 0.15) is 11.5 Å². The third-order valence-corrected chi connectivity index (χ3v) is 1.69. The summed E-state index contributed by atoms with van der Waals surface area (Å²) in [4.78, 5) is 0. The van der Waals surface area contributed by atoms with Gasteiger partial charge in [-0.1, -0.05) is 6.92 Å². The largest absolute Gasteiger partial charge is 0.466 e. The predicted octanol–water partition coefficient (Wildman–Crippen LogP) is 1.73. The summed E-state index contributed by atoms with van der Waals surface area (Å²) >= 11 is 0. The lowest BCUT2D eigenvalue weighted by Crippen LogP contribution is -1.99. The molecule has 1 rings (SSSR count). The van der Waals surface area contributed by atoms with Crippen LogP contribution in [0.5, 0.6) is 0 Å². The fourth-order valence-corrected chi connectivity index (χ4v) is 1.02. The van der Waals surface area contributed by atoms with Gasteiger partial charge < -0.3 is 10.2 Å². The van der Waals surface area contributed by atoms with Crippen molar-refractivity contribution >= 4 is 0 Å². The zero-order valence-corrected chi connectivity index (χ0v) is 6.97. The highest BCUT2D eigenvalue weighted by Gasteiger charge is 1.98. The molecule has 0 radical (unpaired) electrons. The zero-order valence-electron chi connectivity index (χ0n) is 6.97. The van der Waals surface area contributed by atoms with Crippen molar-refractivity contribution in [2.75, 3.05) is 6.54 Å². The van der Waals surface area contributed by atoms with Crippen LogP contribution in [0.25, 0.3) is 0 Å². The first kappa shape index (κ1) is 8.34. The number of rotatable bonds is 4. The molecule has 62 valence electrons. The number of hydrogen-bond donors (Lipinski definition) is 1. The van der Waals surface area contributed by atoms with Gasteiger partial charge >= 0.3 is 0 Å². The average molecular weight is 153 g/mol. The quantitative estimate of drug-likeness (QED) is 0.715. The molecule has 0 aliphatic carbocycles. The smallest absolute Gasteiger partial charge is 0.104 e. The second-order valence-corrected chi connectivity index (χ2v) is 2.61. The van der Waals surface area contributed by atoms with Crippen molar-refractivity contribution in [3.63, 3.8) is 0 Å². The standard InChI is InChI=1S/C9H15NO/c1-2-8-5-6-9(11-8)4-3-7-10/h5-6H,2-4,7,10H2,1H3. The van der Waals surface area contributed by atoms with Crippen LogP contribution in [0.15, 0.2) is 16.5 Å². The van der Waals surface area contributed by atoms with Crippen molar-refractivity contribution in [2.45, 2.75) is 26.2 Å². The molecule has 2 N–H and O–H groups in total. The van der Waals surface area contributed by atoms with Crippen LogP contribution in [0.4, 0.5) is 0 Å². The molecule has 1 heterocycles. The Labute approximate surface area is 67.4 Å². The maximum Gasteiger partial charge on any atom is 0.104 e. The van der Waals surface area contributed by atoms with Crippen LogP contribution in [0.3, 0.4) is 0 Å². The number of hydrogen-bond acceptors (Lipinski definition) is 2. The summed E-state index contributed by atoms with van der Waals surface area (Å²) < 4.78 is 5.48. The van der Waals surface area contributed by atoms with Gasteiger partial charge in [0.15, 0.2) is 0 Å². The molecule has 11 heavy (non-hydrogen) atoms. The van der Waals surface area contributed by atoms with Crippen LogP contribution >= 0.6 is 0 Å². The lowest BCUT2D eigenvalue weighted by molar-refractivity contribution is 0.465. The van der Waals surface area contributed by atoms with Crippen LogP contribution in [-0.2, 0) is 12.8 Å². The molecule has 2 nitrogen and oxygen atoms in total. The van der Waals surface area contributed by atoms with Crippen molar-refractivity contribution in [1.82, 2.24) is 0 Å². The van der Waals surface area contributed by atoms with E-state index in [1.807, 2.05) is 12.1 Å². The highest BCUT2D eigenvalue weighted by atomic mass is 16.3. The highest BCUT2D eigenvalue weighted by molar-refractivity contribution is 5.06. The minimum absolute atomic E-state index is 0.738.